The molecule has 0 saturated heterocycles. The van der Waals surface area contributed by atoms with E-state index in [0.717, 1.165) is 5.75 Å². The number of imidazole rings is 1. The van der Waals surface area contributed by atoms with Gasteiger partial charge < -0.3 is 10.1 Å². The van der Waals surface area contributed by atoms with E-state index >= 15 is 0 Å². The normalized spacial score (nSPS) is 10.9. The predicted molar refractivity (Wildman–Crippen MR) is 67.9 cm³/mol. The molecule has 0 fully saturated rings. The highest BCUT2D eigenvalue weighted by Gasteiger charge is 2.14. The van der Waals surface area contributed by atoms with E-state index in [1.165, 1.54) is 10.6 Å². The van der Waals surface area contributed by atoms with Gasteiger partial charge in [0, 0.05) is 12.3 Å². The number of carboxylic acid groups (broad SMARTS) is 1. The number of carbonyl (C=O) groups is 1. The van der Waals surface area contributed by atoms with Crippen LogP contribution in [0.25, 0.3) is 11.0 Å². The van der Waals surface area contributed by atoms with Crippen LogP contribution in [0.15, 0.2) is 23.0 Å². The van der Waals surface area contributed by atoms with E-state index in [0.29, 0.717) is 17.6 Å². The maximum Gasteiger partial charge on any atom is 0.337 e. The number of nitrogens with one attached hydrogen (secondary N) is 1. The smallest absolute Gasteiger partial charge is 0.337 e. The van der Waals surface area contributed by atoms with Gasteiger partial charge in [0.1, 0.15) is 0 Å². The van der Waals surface area contributed by atoms with Crippen molar-refractivity contribution in [2.75, 3.05) is 12.0 Å². The van der Waals surface area contributed by atoms with Gasteiger partial charge in [-0.05, 0) is 18.4 Å². The van der Waals surface area contributed by atoms with Crippen molar-refractivity contribution in [3.8, 4) is 0 Å². The standard InChI is InChI=1S/C11H12N2O3S/c1-17-6-5-13-9-7(10(14)15)3-2-4-8(9)12-11(13)16/h2-4H,5-6H2,1H3,(H,12,16)(H,14,15). The largest absolute Gasteiger partial charge is 0.478 e. The monoisotopic (exact) mass is 252 g/mol. The predicted octanol–water partition coefficient (Wildman–Crippen LogP) is 1.39. The van der Waals surface area contributed by atoms with Gasteiger partial charge in [-0.1, -0.05) is 6.07 Å². The van der Waals surface area contributed by atoms with E-state index in [-0.39, 0.29) is 11.3 Å². The molecule has 90 valence electrons. The molecule has 0 radical (unpaired) electrons. The molecule has 2 aromatic rings. The fraction of sp³-hybridized carbons (Fsp3) is 0.273. The van der Waals surface area contributed by atoms with E-state index in [2.05, 4.69) is 4.98 Å². The summed E-state index contributed by atoms with van der Waals surface area (Å²) >= 11 is 1.61. The Kier molecular flexibility index (Phi) is 3.23. The molecule has 0 aliphatic rings. The maximum atomic E-state index is 11.7. The highest BCUT2D eigenvalue weighted by Crippen LogP contribution is 2.16. The van der Waals surface area contributed by atoms with Gasteiger partial charge in [-0.3, -0.25) is 4.57 Å². The number of aromatic amines is 1. The number of aromatic nitrogens is 2. The molecule has 0 aliphatic carbocycles. The molecule has 0 bridgehead atoms. The minimum absolute atomic E-state index is 0.155. The topological polar surface area (TPSA) is 75.1 Å². The molecule has 2 N–H and O–H groups in total. The molecule has 0 spiro atoms. The van der Waals surface area contributed by atoms with E-state index in [1.54, 1.807) is 23.9 Å². The number of hydrogen-bond acceptors (Lipinski definition) is 3. The van der Waals surface area contributed by atoms with Crippen molar-refractivity contribution in [2.24, 2.45) is 0 Å². The summed E-state index contributed by atoms with van der Waals surface area (Å²) in [6, 6.07) is 4.84. The summed E-state index contributed by atoms with van der Waals surface area (Å²) < 4.78 is 1.48. The fourth-order valence-electron chi connectivity index (χ4n) is 1.79. The molecule has 0 atom stereocenters. The lowest BCUT2D eigenvalue weighted by Crippen LogP contribution is -2.18. The molecule has 1 aromatic carbocycles. The van der Waals surface area contributed by atoms with Gasteiger partial charge in [-0.15, -0.1) is 0 Å². The first kappa shape index (κ1) is 11.8. The van der Waals surface area contributed by atoms with Gasteiger partial charge in [-0.25, -0.2) is 9.59 Å². The van der Waals surface area contributed by atoms with Gasteiger partial charge in [0.2, 0.25) is 0 Å². The highest BCUT2D eigenvalue weighted by molar-refractivity contribution is 7.98. The third-order valence-corrected chi connectivity index (χ3v) is 3.13. The van der Waals surface area contributed by atoms with Gasteiger partial charge >= 0.3 is 11.7 Å². The zero-order chi connectivity index (χ0) is 12.4. The van der Waals surface area contributed by atoms with Gasteiger partial charge in [0.15, 0.2) is 0 Å². The van der Waals surface area contributed by atoms with Crippen LogP contribution in [-0.4, -0.2) is 32.6 Å². The number of para-hydroxylation sites is 1. The summed E-state index contributed by atoms with van der Waals surface area (Å²) in [5.41, 5.74) is 0.930. The van der Waals surface area contributed by atoms with Gasteiger partial charge in [-0.2, -0.15) is 11.8 Å². The molecule has 5 nitrogen and oxygen atoms in total. The highest BCUT2D eigenvalue weighted by atomic mass is 32.2. The number of hydrogen-bond donors (Lipinski definition) is 2. The lowest BCUT2D eigenvalue weighted by molar-refractivity contribution is 0.0698. The van der Waals surface area contributed by atoms with Crippen LogP contribution in [-0.2, 0) is 6.54 Å². The first-order valence-electron chi connectivity index (χ1n) is 5.09. The van der Waals surface area contributed by atoms with Crippen LogP contribution in [0.2, 0.25) is 0 Å². The number of H-pyrrole nitrogens is 1. The molecule has 0 saturated carbocycles. The molecular weight excluding hydrogens is 240 g/mol. The minimum atomic E-state index is -1.02. The summed E-state index contributed by atoms with van der Waals surface area (Å²) in [4.78, 5) is 25.5. The number of thioether (sulfide) groups is 1. The Balaban J connectivity index is 2.68. The molecule has 17 heavy (non-hydrogen) atoms. The van der Waals surface area contributed by atoms with Crippen molar-refractivity contribution >= 4 is 28.8 Å². The lowest BCUT2D eigenvalue weighted by atomic mass is 10.2. The first-order valence-corrected chi connectivity index (χ1v) is 6.48. The van der Waals surface area contributed by atoms with Crippen LogP contribution in [0, 0.1) is 0 Å². The van der Waals surface area contributed by atoms with E-state index in [9.17, 15) is 9.59 Å². The molecule has 0 unspecified atom stereocenters. The number of carboxylic acids is 1. The average molecular weight is 252 g/mol. The number of benzene rings is 1. The number of rotatable bonds is 4. The van der Waals surface area contributed by atoms with Crippen LogP contribution in [0.1, 0.15) is 10.4 Å². The van der Waals surface area contributed by atoms with Crippen molar-refractivity contribution in [1.82, 2.24) is 9.55 Å². The maximum absolute atomic E-state index is 11.7. The Hall–Kier alpha value is -1.69. The second-order valence-electron chi connectivity index (χ2n) is 3.58. The Morgan fingerprint density at radius 2 is 2.29 bits per heavy atom. The zero-order valence-corrected chi connectivity index (χ0v) is 10.1. The van der Waals surface area contributed by atoms with E-state index in [1.807, 2.05) is 6.26 Å². The number of nitrogens with zero attached hydrogens (tertiary/aromatic N) is 1. The summed E-state index contributed by atoms with van der Waals surface area (Å²) in [6.07, 6.45) is 1.94. The first-order chi connectivity index (χ1) is 8.15. The minimum Gasteiger partial charge on any atom is -0.478 e. The van der Waals surface area contributed by atoms with Crippen LogP contribution >= 0.6 is 11.8 Å². The molecule has 6 heteroatoms. The van der Waals surface area contributed by atoms with Gasteiger partial charge in [0.25, 0.3) is 0 Å². The molecule has 1 aromatic heterocycles. The molecule has 2 rings (SSSR count). The van der Waals surface area contributed by atoms with Crippen LogP contribution in [0.3, 0.4) is 0 Å². The van der Waals surface area contributed by atoms with Crippen molar-refractivity contribution in [3.63, 3.8) is 0 Å². The Morgan fingerprint density at radius 3 is 2.94 bits per heavy atom. The second-order valence-corrected chi connectivity index (χ2v) is 4.57. The third kappa shape index (κ3) is 2.08. The third-order valence-electron chi connectivity index (χ3n) is 2.54. The summed E-state index contributed by atoms with van der Waals surface area (Å²) in [5, 5.41) is 9.11. The summed E-state index contributed by atoms with van der Waals surface area (Å²) in [7, 11) is 0. The average Bonchev–Trinajstić information content (AvgIpc) is 2.61. The Morgan fingerprint density at radius 1 is 1.53 bits per heavy atom. The second kappa shape index (κ2) is 4.67. The Labute approximate surface area is 101 Å². The fourth-order valence-corrected chi connectivity index (χ4v) is 2.15. The number of aromatic carboxylic acids is 1. The van der Waals surface area contributed by atoms with Crippen molar-refractivity contribution in [3.05, 3.63) is 34.2 Å². The summed E-state index contributed by atoms with van der Waals surface area (Å²) in [5.74, 6) is -0.256. The Bertz CT molecular complexity index is 615. The van der Waals surface area contributed by atoms with Crippen LogP contribution in [0.5, 0.6) is 0 Å². The van der Waals surface area contributed by atoms with Crippen molar-refractivity contribution < 1.29 is 9.90 Å². The van der Waals surface area contributed by atoms with E-state index < -0.39 is 5.97 Å². The van der Waals surface area contributed by atoms with Crippen molar-refractivity contribution in [2.45, 2.75) is 6.54 Å². The lowest BCUT2D eigenvalue weighted by Gasteiger charge is -2.04. The van der Waals surface area contributed by atoms with Gasteiger partial charge in [0.05, 0.1) is 16.6 Å². The summed E-state index contributed by atoms with van der Waals surface area (Å²) in [6.45, 7) is 0.504. The molecule has 0 amide bonds. The molecule has 1 heterocycles. The quantitative estimate of drug-likeness (QED) is 0.862. The zero-order valence-electron chi connectivity index (χ0n) is 9.27. The number of fused-ring (bicyclic) bond motifs is 1. The molecular formula is C11H12N2O3S. The van der Waals surface area contributed by atoms with Crippen LogP contribution in [0.4, 0.5) is 0 Å². The van der Waals surface area contributed by atoms with E-state index in [4.69, 9.17) is 5.11 Å². The van der Waals surface area contributed by atoms with Crippen molar-refractivity contribution in [1.29, 1.82) is 0 Å². The number of aryl methyl sites for hydroxylation is 1. The molecule has 0 aliphatic heterocycles. The van der Waals surface area contributed by atoms with Crippen LogP contribution < -0.4 is 5.69 Å². The SMILES string of the molecule is CSCCn1c(=O)[nH]c2cccc(C(=O)O)c21.